The molecule has 14 heteroatoms. The van der Waals surface area contributed by atoms with Crippen LogP contribution in [0.3, 0.4) is 0 Å². The van der Waals surface area contributed by atoms with Crippen molar-refractivity contribution >= 4 is 35.5 Å². The Balaban J connectivity index is 1.25. The highest BCUT2D eigenvalue weighted by Crippen LogP contribution is 2.33. The van der Waals surface area contributed by atoms with E-state index in [9.17, 15) is 19.2 Å². The van der Waals surface area contributed by atoms with Gasteiger partial charge in [0.15, 0.2) is 0 Å². The summed E-state index contributed by atoms with van der Waals surface area (Å²) in [6.45, 7) is 12.5. The molecule has 3 atom stereocenters. The lowest BCUT2D eigenvalue weighted by Gasteiger charge is -2.31. The van der Waals surface area contributed by atoms with Gasteiger partial charge in [-0.05, 0) is 79.3 Å². The lowest BCUT2D eigenvalue weighted by molar-refractivity contribution is -0.123. The van der Waals surface area contributed by atoms with Gasteiger partial charge < -0.3 is 45.7 Å². The molecular formula is C34H64N6O7S. The van der Waals surface area contributed by atoms with Crippen LogP contribution in [-0.4, -0.2) is 130 Å². The molecule has 0 bridgehead atoms. The highest BCUT2D eigenvalue weighted by molar-refractivity contribution is 8.00. The first-order valence-corrected chi connectivity index (χ1v) is 19.0. The molecule has 48 heavy (non-hydrogen) atoms. The maximum Gasteiger partial charge on any atom is 0.315 e. The van der Waals surface area contributed by atoms with Crippen molar-refractivity contribution in [1.82, 2.24) is 31.5 Å². The van der Waals surface area contributed by atoms with Crippen molar-refractivity contribution in [3.05, 3.63) is 0 Å². The van der Waals surface area contributed by atoms with E-state index >= 15 is 0 Å². The molecule has 2 fully saturated rings. The summed E-state index contributed by atoms with van der Waals surface area (Å²) in [6.07, 6.45) is 8.11. The number of urea groups is 1. The normalized spacial score (nSPS) is 18.8. The lowest BCUT2D eigenvalue weighted by Crippen LogP contribution is -2.38. The van der Waals surface area contributed by atoms with Crippen LogP contribution in [-0.2, 0) is 28.6 Å². The van der Waals surface area contributed by atoms with Gasteiger partial charge in [0.25, 0.3) is 0 Å². The van der Waals surface area contributed by atoms with Crippen LogP contribution in [0.4, 0.5) is 4.79 Å². The van der Waals surface area contributed by atoms with E-state index < -0.39 is 0 Å². The highest BCUT2D eigenvalue weighted by atomic mass is 32.2. The van der Waals surface area contributed by atoms with Crippen molar-refractivity contribution in [2.45, 2.75) is 114 Å². The van der Waals surface area contributed by atoms with E-state index in [2.05, 4.69) is 59.3 Å². The number of hydrogen-bond acceptors (Lipinski definition) is 9. The SMILES string of the molecule is CN(CCCCNC(=O)CCCC(=O)NCCCOCCOCCOCCCNC(=O)CCCC[C@@H]1SCC2NC(=O)NC21)C(C)(C)C. The molecular weight excluding hydrogens is 636 g/mol. The third-order valence-corrected chi connectivity index (χ3v) is 10.1. The minimum atomic E-state index is -0.0582. The lowest BCUT2D eigenvalue weighted by atomic mass is 10.0. The third kappa shape index (κ3) is 19.8. The molecule has 0 aliphatic carbocycles. The maximum atomic E-state index is 12.1. The number of fused-ring (bicyclic) bond motifs is 1. The molecule has 5 N–H and O–H groups in total. The van der Waals surface area contributed by atoms with E-state index in [0.29, 0.717) is 90.2 Å². The molecule has 0 aromatic carbocycles. The Morgan fingerprint density at radius 1 is 0.729 bits per heavy atom. The highest BCUT2D eigenvalue weighted by Gasteiger charge is 2.42. The van der Waals surface area contributed by atoms with Crippen molar-refractivity contribution in [2.24, 2.45) is 0 Å². The fourth-order valence-electron chi connectivity index (χ4n) is 5.33. The zero-order valence-electron chi connectivity index (χ0n) is 30.0. The van der Waals surface area contributed by atoms with Gasteiger partial charge in [0.2, 0.25) is 17.7 Å². The van der Waals surface area contributed by atoms with E-state index in [1.165, 1.54) is 0 Å². The van der Waals surface area contributed by atoms with E-state index in [-0.39, 0.29) is 41.4 Å². The molecule has 2 unspecified atom stereocenters. The maximum absolute atomic E-state index is 12.1. The van der Waals surface area contributed by atoms with E-state index in [1.807, 2.05) is 11.8 Å². The standard InChI is InChI=1S/C34H64N6O7S/c1-34(2,3)40(4)19-8-7-16-35-30(42)14-9-15-31(43)37-18-11-21-46-23-25-47-24-22-45-20-10-17-36-29(41)13-6-5-12-28-32-27(26-48-28)38-33(44)39-32/h27-28,32H,5-26H2,1-4H3,(H,35,42)(H,36,41)(H,37,43)(H2,38,39,44)/t27?,28-,32?/m0/s1. The van der Waals surface area contributed by atoms with Crippen LogP contribution in [0, 0.1) is 0 Å². The van der Waals surface area contributed by atoms with Gasteiger partial charge in [-0.1, -0.05) is 6.42 Å². The summed E-state index contributed by atoms with van der Waals surface area (Å²) in [5.41, 5.74) is 0.159. The fourth-order valence-corrected chi connectivity index (χ4v) is 6.88. The van der Waals surface area contributed by atoms with Crippen LogP contribution < -0.4 is 26.6 Å². The van der Waals surface area contributed by atoms with Gasteiger partial charge in [-0.3, -0.25) is 14.4 Å². The molecule has 0 aromatic rings. The summed E-state index contributed by atoms with van der Waals surface area (Å²) >= 11 is 1.91. The Morgan fingerprint density at radius 3 is 1.81 bits per heavy atom. The minimum absolute atomic E-state index is 0.00558. The fraction of sp³-hybridized carbons (Fsp3) is 0.882. The van der Waals surface area contributed by atoms with Crippen LogP contribution in [0.5, 0.6) is 0 Å². The van der Waals surface area contributed by atoms with Crippen molar-refractivity contribution in [2.75, 3.05) is 78.6 Å². The Bertz CT molecular complexity index is 938. The number of unbranched alkanes of at least 4 members (excludes halogenated alkanes) is 2. The summed E-state index contributed by atoms with van der Waals surface area (Å²) in [7, 11) is 2.12. The van der Waals surface area contributed by atoms with Crippen LogP contribution in [0.2, 0.25) is 0 Å². The number of carbonyl (C=O) groups is 4. The molecule has 2 rings (SSSR count). The second kappa shape index (κ2) is 24.9. The van der Waals surface area contributed by atoms with Gasteiger partial charge in [0, 0.05) is 68.7 Å². The molecule has 2 heterocycles. The van der Waals surface area contributed by atoms with Gasteiger partial charge in [0.1, 0.15) is 0 Å². The topological polar surface area (TPSA) is 159 Å². The average molecular weight is 701 g/mol. The molecule has 0 radical (unpaired) electrons. The predicted molar refractivity (Wildman–Crippen MR) is 190 cm³/mol. The van der Waals surface area contributed by atoms with Gasteiger partial charge in [-0.25, -0.2) is 4.79 Å². The van der Waals surface area contributed by atoms with Gasteiger partial charge in [-0.2, -0.15) is 11.8 Å². The molecule has 0 aromatic heterocycles. The van der Waals surface area contributed by atoms with Crippen molar-refractivity contribution < 1.29 is 33.4 Å². The molecule has 5 amide bonds. The molecule has 0 saturated carbocycles. The predicted octanol–water partition coefficient (Wildman–Crippen LogP) is 2.57. The molecule has 2 aliphatic heterocycles. The first kappa shape index (κ1) is 42.0. The number of nitrogens with one attached hydrogen (secondary N) is 5. The summed E-state index contributed by atoms with van der Waals surface area (Å²) in [6, 6.07) is 0.417. The van der Waals surface area contributed by atoms with Gasteiger partial charge >= 0.3 is 6.03 Å². The van der Waals surface area contributed by atoms with Crippen LogP contribution in [0.1, 0.15) is 91.4 Å². The Labute approximate surface area is 292 Å². The molecule has 278 valence electrons. The molecule has 13 nitrogen and oxygen atoms in total. The summed E-state index contributed by atoms with van der Waals surface area (Å²) in [4.78, 5) is 49.8. The van der Waals surface area contributed by atoms with E-state index in [1.54, 1.807) is 0 Å². The zero-order chi connectivity index (χ0) is 35.0. The monoisotopic (exact) mass is 700 g/mol. The summed E-state index contributed by atoms with van der Waals surface area (Å²) < 4.78 is 16.6. The summed E-state index contributed by atoms with van der Waals surface area (Å²) in [5.74, 6) is 1.00. The number of rotatable bonds is 28. The van der Waals surface area contributed by atoms with Crippen molar-refractivity contribution in [3.63, 3.8) is 0 Å². The number of carbonyl (C=O) groups excluding carboxylic acids is 4. The van der Waals surface area contributed by atoms with Crippen LogP contribution >= 0.6 is 11.8 Å². The Kier molecular flexibility index (Phi) is 21.8. The number of nitrogens with zero attached hydrogens (tertiary/aromatic N) is 1. The minimum Gasteiger partial charge on any atom is -0.379 e. The zero-order valence-corrected chi connectivity index (χ0v) is 30.8. The van der Waals surface area contributed by atoms with Crippen molar-refractivity contribution in [1.29, 1.82) is 0 Å². The number of ether oxygens (including phenoxy) is 3. The Morgan fingerprint density at radius 2 is 1.25 bits per heavy atom. The molecule has 0 spiro atoms. The van der Waals surface area contributed by atoms with Crippen molar-refractivity contribution in [3.8, 4) is 0 Å². The van der Waals surface area contributed by atoms with E-state index in [4.69, 9.17) is 14.2 Å². The van der Waals surface area contributed by atoms with Gasteiger partial charge in [-0.15, -0.1) is 0 Å². The van der Waals surface area contributed by atoms with Crippen LogP contribution in [0.15, 0.2) is 0 Å². The largest absolute Gasteiger partial charge is 0.379 e. The number of hydrogen-bond donors (Lipinski definition) is 5. The number of thioether (sulfide) groups is 1. The third-order valence-electron chi connectivity index (χ3n) is 8.60. The van der Waals surface area contributed by atoms with E-state index in [0.717, 1.165) is 57.2 Å². The Hall–Kier alpha value is -2.13. The quantitative estimate of drug-likeness (QED) is 0.0611. The number of amides is 5. The summed E-state index contributed by atoms with van der Waals surface area (Å²) in [5, 5.41) is 15.2. The van der Waals surface area contributed by atoms with Gasteiger partial charge in [0.05, 0.1) is 38.5 Å². The first-order chi connectivity index (χ1) is 23.1. The second-order valence-electron chi connectivity index (χ2n) is 13.6. The first-order valence-electron chi connectivity index (χ1n) is 18.0. The average Bonchev–Trinajstić information content (AvgIpc) is 3.59. The second-order valence-corrected chi connectivity index (χ2v) is 14.9. The smallest absolute Gasteiger partial charge is 0.315 e. The van der Waals surface area contributed by atoms with Crippen LogP contribution in [0.25, 0.3) is 0 Å². The molecule has 2 aliphatic rings. The molecule has 2 saturated heterocycles.